The van der Waals surface area contributed by atoms with Crippen LogP contribution in [0.25, 0.3) is 0 Å². The maximum absolute atomic E-state index is 12.7. The number of carbonyl (C=O) groups is 1. The highest BCUT2D eigenvalue weighted by atomic mass is 16.5. The fourth-order valence-corrected chi connectivity index (χ4v) is 4.29. The van der Waals surface area contributed by atoms with Crippen LogP contribution in [0, 0.1) is 0 Å². The minimum Gasteiger partial charge on any atom is -0.497 e. The number of ether oxygens (including phenoxy) is 5. The van der Waals surface area contributed by atoms with Crippen molar-refractivity contribution in [2.24, 2.45) is 4.99 Å². The van der Waals surface area contributed by atoms with E-state index in [-0.39, 0.29) is 6.61 Å². The summed E-state index contributed by atoms with van der Waals surface area (Å²) in [4.78, 5) is 17.3. The molecule has 40 heavy (non-hydrogen) atoms. The molecule has 0 saturated carbocycles. The van der Waals surface area contributed by atoms with Gasteiger partial charge in [-0.3, -0.25) is 0 Å². The summed E-state index contributed by atoms with van der Waals surface area (Å²) in [5, 5.41) is 20.2. The van der Waals surface area contributed by atoms with Crippen LogP contribution in [0.15, 0.2) is 77.8 Å². The Morgan fingerprint density at radius 1 is 1.05 bits per heavy atom. The van der Waals surface area contributed by atoms with Gasteiger partial charge >= 0.3 is 5.97 Å². The van der Waals surface area contributed by atoms with E-state index in [4.69, 9.17) is 23.7 Å². The van der Waals surface area contributed by atoms with Gasteiger partial charge in [0.15, 0.2) is 23.6 Å². The lowest BCUT2D eigenvalue weighted by molar-refractivity contribution is -0.143. The van der Waals surface area contributed by atoms with Gasteiger partial charge in [-0.05, 0) is 60.9 Å². The second-order valence-corrected chi connectivity index (χ2v) is 9.62. The highest BCUT2D eigenvalue weighted by Gasteiger charge is 2.40. The number of hydrogen-bond acceptors (Lipinski definition) is 9. The van der Waals surface area contributed by atoms with Crippen LogP contribution >= 0.6 is 0 Å². The molecule has 0 aliphatic carbocycles. The monoisotopic (exact) mass is 549 g/mol. The fraction of sp³-hybridized carbons (Fsp3) is 0.355. The normalized spacial score (nSPS) is 18.6. The number of carbonyl (C=O) groups excluding carboxylic acids is 1. The largest absolute Gasteiger partial charge is 0.497 e. The average Bonchev–Trinajstić information content (AvgIpc) is 3.45. The second-order valence-electron chi connectivity index (χ2n) is 9.62. The van der Waals surface area contributed by atoms with Crippen LogP contribution in [0.3, 0.4) is 0 Å². The van der Waals surface area contributed by atoms with Gasteiger partial charge in [0.25, 0.3) is 0 Å². The van der Waals surface area contributed by atoms with Crippen molar-refractivity contribution in [3.8, 4) is 17.2 Å². The molecule has 0 saturated heterocycles. The first kappa shape index (κ1) is 28.9. The van der Waals surface area contributed by atoms with E-state index in [0.717, 1.165) is 5.56 Å². The van der Waals surface area contributed by atoms with Crippen molar-refractivity contribution in [1.82, 2.24) is 0 Å². The van der Waals surface area contributed by atoms with Crippen LogP contribution in [0.1, 0.15) is 43.1 Å². The van der Waals surface area contributed by atoms with Gasteiger partial charge in [0.05, 0.1) is 20.8 Å². The number of aliphatic imine (C=N–C) groups is 1. The Kier molecular flexibility index (Phi) is 9.29. The van der Waals surface area contributed by atoms with Gasteiger partial charge in [0.2, 0.25) is 5.90 Å². The molecule has 0 spiro atoms. The summed E-state index contributed by atoms with van der Waals surface area (Å²) in [6, 6.07) is 21.1. The van der Waals surface area contributed by atoms with Gasteiger partial charge in [0, 0.05) is 5.56 Å². The fourth-order valence-electron chi connectivity index (χ4n) is 4.29. The summed E-state index contributed by atoms with van der Waals surface area (Å²) in [6.07, 6.45) is -1.53. The highest BCUT2D eigenvalue weighted by Crippen LogP contribution is 2.39. The van der Waals surface area contributed by atoms with E-state index in [1.54, 1.807) is 56.5 Å². The molecule has 4 rings (SSSR count). The van der Waals surface area contributed by atoms with Gasteiger partial charge in [-0.2, -0.15) is 0 Å². The third-order valence-electron chi connectivity index (χ3n) is 7.02. The number of aliphatic hydroxyl groups excluding tert-OH is 2. The molecule has 9 heteroatoms. The highest BCUT2D eigenvalue weighted by molar-refractivity contribution is 5.98. The molecule has 4 atom stereocenters. The number of rotatable bonds is 12. The first-order valence-corrected chi connectivity index (χ1v) is 13.1. The van der Waals surface area contributed by atoms with E-state index in [0.29, 0.717) is 40.7 Å². The standard InChI is InChI=1S/C31H35NO8/c1-5-31(2,26(34)18-33)40-25-17-22(13-16-24(25)38-19-20-9-7-6-8-10-20)28-27(30(35)37-4)32-29(39-28)21-11-14-23(36-3)15-12-21/h6-17,26-28,33-34H,5,18-19H2,1-4H3/t26-,27+,28-,31-/m1/s1. The van der Waals surface area contributed by atoms with Crippen molar-refractivity contribution in [2.45, 2.75) is 50.7 Å². The molecule has 9 nitrogen and oxygen atoms in total. The lowest BCUT2D eigenvalue weighted by Gasteiger charge is -2.34. The van der Waals surface area contributed by atoms with Crippen LogP contribution in [-0.4, -0.2) is 60.7 Å². The predicted molar refractivity (Wildman–Crippen MR) is 149 cm³/mol. The molecule has 3 aromatic rings. The van der Waals surface area contributed by atoms with Gasteiger partial charge in [-0.25, -0.2) is 9.79 Å². The number of esters is 1. The molecule has 0 aromatic heterocycles. The summed E-state index contributed by atoms with van der Waals surface area (Å²) < 4.78 is 28.9. The Labute approximate surface area is 233 Å². The van der Waals surface area contributed by atoms with E-state index in [2.05, 4.69) is 4.99 Å². The lowest BCUT2D eigenvalue weighted by Crippen LogP contribution is -2.46. The Bertz CT molecular complexity index is 1310. The van der Waals surface area contributed by atoms with Crippen LogP contribution in [0.4, 0.5) is 0 Å². The van der Waals surface area contributed by atoms with Gasteiger partial charge in [0.1, 0.15) is 24.1 Å². The Morgan fingerprint density at radius 3 is 2.40 bits per heavy atom. The van der Waals surface area contributed by atoms with Crippen LogP contribution in [-0.2, 0) is 20.9 Å². The lowest BCUT2D eigenvalue weighted by atomic mass is 9.95. The maximum atomic E-state index is 12.7. The summed E-state index contributed by atoms with van der Waals surface area (Å²) >= 11 is 0. The Morgan fingerprint density at radius 2 is 1.77 bits per heavy atom. The first-order chi connectivity index (χ1) is 19.3. The van der Waals surface area contributed by atoms with Crippen molar-refractivity contribution in [1.29, 1.82) is 0 Å². The SMILES string of the molecule is CC[C@@](C)(Oc1cc([C@H]2OC(c3ccc(OC)cc3)=N[C@@H]2C(=O)OC)ccc1OCc1ccccc1)[C@H](O)CO. The minimum atomic E-state index is -1.14. The molecule has 2 N–H and O–H groups in total. The van der Waals surface area contributed by atoms with Gasteiger partial charge in [-0.15, -0.1) is 0 Å². The number of benzene rings is 3. The summed E-state index contributed by atoms with van der Waals surface area (Å²) in [5.74, 6) is 1.19. The third kappa shape index (κ3) is 6.38. The molecule has 0 unspecified atom stereocenters. The van der Waals surface area contributed by atoms with E-state index in [1.165, 1.54) is 7.11 Å². The average molecular weight is 550 g/mol. The molecule has 1 heterocycles. The topological polar surface area (TPSA) is 116 Å². The predicted octanol–water partition coefficient (Wildman–Crippen LogP) is 4.23. The number of aliphatic hydroxyl groups is 2. The summed E-state index contributed by atoms with van der Waals surface area (Å²) in [6.45, 7) is 3.39. The van der Waals surface area contributed by atoms with E-state index in [9.17, 15) is 15.0 Å². The molecule has 0 bridgehead atoms. The van der Waals surface area contributed by atoms with Crippen molar-refractivity contribution in [3.63, 3.8) is 0 Å². The minimum absolute atomic E-state index is 0.289. The molecule has 3 aromatic carbocycles. The van der Waals surface area contributed by atoms with Crippen molar-refractivity contribution in [3.05, 3.63) is 89.5 Å². The summed E-state index contributed by atoms with van der Waals surface area (Å²) in [7, 11) is 2.89. The Balaban J connectivity index is 1.69. The quantitative estimate of drug-likeness (QED) is 0.323. The zero-order valence-electron chi connectivity index (χ0n) is 23.1. The zero-order valence-corrected chi connectivity index (χ0v) is 23.1. The molecular weight excluding hydrogens is 514 g/mol. The van der Waals surface area contributed by atoms with E-state index < -0.39 is 36.4 Å². The van der Waals surface area contributed by atoms with Crippen LogP contribution < -0.4 is 14.2 Å². The molecule has 1 aliphatic heterocycles. The van der Waals surface area contributed by atoms with E-state index >= 15 is 0 Å². The molecule has 0 fully saturated rings. The molecule has 0 radical (unpaired) electrons. The number of nitrogens with zero attached hydrogens (tertiary/aromatic N) is 1. The third-order valence-corrected chi connectivity index (χ3v) is 7.02. The molecule has 0 amide bonds. The van der Waals surface area contributed by atoms with E-state index in [1.807, 2.05) is 37.3 Å². The first-order valence-electron chi connectivity index (χ1n) is 13.1. The smallest absolute Gasteiger partial charge is 0.335 e. The maximum Gasteiger partial charge on any atom is 0.335 e. The molecule has 212 valence electrons. The number of methoxy groups -OCH3 is 2. The molecular formula is C31H35NO8. The van der Waals surface area contributed by atoms with Crippen LogP contribution in [0.5, 0.6) is 17.2 Å². The zero-order chi connectivity index (χ0) is 28.7. The van der Waals surface area contributed by atoms with Crippen molar-refractivity contribution < 1.29 is 38.7 Å². The Hall–Kier alpha value is -4.08. The van der Waals surface area contributed by atoms with Gasteiger partial charge < -0.3 is 33.9 Å². The second kappa shape index (κ2) is 12.8. The molecule has 1 aliphatic rings. The van der Waals surface area contributed by atoms with Crippen molar-refractivity contribution >= 4 is 11.9 Å². The van der Waals surface area contributed by atoms with Crippen molar-refractivity contribution in [2.75, 3.05) is 20.8 Å². The van der Waals surface area contributed by atoms with Gasteiger partial charge in [-0.1, -0.05) is 43.3 Å². The van der Waals surface area contributed by atoms with Crippen LogP contribution in [0.2, 0.25) is 0 Å². The number of hydrogen-bond donors (Lipinski definition) is 2. The summed E-state index contributed by atoms with van der Waals surface area (Å²) in [5.41, 5.74) is 1.14.